The topological polar surface area (TPSA) is 55.8 Å². The molecule has 1 unspecified atom stereocenters. The SMILES string of the molecule is CCC(Oc1ccc2c(c1)CCCO2)C(=O)O. The molecule has 0 amide bonds. The maximum atomic E-state index is 10.9. The number of rotatable bonds is 4. The lowest BCUT2D eigenvalue weighted by atomic mass is 10.1. The third-order valence-corrected chi connectivity index (χ3v) is 2.80. The Morgan fingerprint density at radius 1 is 1.59 bits per heavy atom. The fourth-order valence-electron chi connectivity index (χ4n) is 1.88. The summed E-state index contributed by atoms with van der Waals surface area (Å²) in [4.78, 5) is 10.9. The van der Waals surface area contributed by atoms with Crippen molar-refractivity contribution in [2.75, 3.05) is 6.61 Å². The third-order valence-electron chi connectivity index (χ3n) is 2.80. The summed E-state index contributed by atoms with van der Waals surface area (Å²) in [5.41, 5.74) is 1.09. The Labute approximate surface area is 100 Å². The van der Waals surface area contributed by atoms with E-state index >= 15 is 0 Å². The fraction of sp³-hybridized carbons (Fsp3) is 0.462. The summed E-state index contributed by atoms with van der Waals surface area (Å²) in [7, 11) is 0. The number of hydrogen-bond acceptors (Lipinski definition) is 3. The van der Waals surface area contributed by atoms with Crippen molar-refractivity contribution in [3.8, 4) is 11.5 Å². The normalized spacial score (nSPS) is 15.6. The molecule has 1 aromatic carbocycles. The highest BCUT2D eigenvalue weighted by molar-refractivity contribution is 5.72. The molecule has 92 valence electrons. The van der Waals surface area contributed by atoms with Crippen LogP contribution >= 0.6 is 0 Å². The molecule has 0 aromatic heterocycles. The molecule has 0 bridgehead atoms. The number of carbonyl (C=O) groups is 1. The molecule has 1 N–H and O–H groups in total. The lowest BCUT2D eigenvalue weighted by Crippen LogP contribution is -2.26. The van der Waals surface area contributed by atoms with Gasteiger partial charge in [-0.05, 0) is 43.0 Å². The van der Waals surface area contributed by atoms with E-state index in [0.717, 1.165) is 30.8 Å². The summed E-state index contributed by atoms with van der Waals surface area (Å²) in [5, 5.41) is 8.92. The number of aryl methyl sites for hydroxylation is 1. The molecule has 0 spiro atoms. The second-order valence-corrected chi connectivity index (χ2v) is 4.07. The van der Waals surface area contributed by atoms with Crippen LogP contribution in [0.5, 0.6) is 11.5 Å². The van der Waals surface area contributed by atoms with Gasteiger partial charge in [-0.3, -0.25) is 0 Å². The lowest BCUT2D eigenvalue weighted by molar-refractivity contribution is -0.145. The van der Waals surface area contributed by atoms with Crippen LogP contribution in [-0.2, 0) is 11.2 Å². The molecular formula is C13H16O4. The van der Waals surface area contributed by atoms with Crippen LogP contribution in [0.2, 0.25) is 0 Å². The molecule has 0 radical (unpaired) electrons. The average molecular weight is 236 g/mol. The Morgan fingerprint density at radius 2 is 2.41 bits per heavy atom. The van der Waals surface area contributed by atoms with Crippen LogP contribution in [0.1, 0.15) is 25.3 Å². The molecule has 0 saturated heterocycles. The van der Waals surface area contributed by atoms with Gasteiger partial charge in [-0.15, -0.1) is 0 Å². The van der Waals surface area contributed by atoms with Gasteiger partial charge in [-0.2, -0.15) is 0 Å². The summed E-state index contributed by atoms with van der Waals surface area (Å²) in [6.07, 6.45) is 1.61. The van der Waals surface area contributed by atoms with E-state index in [0.29, 0.717) is 12.2 Å². The first-order valence-electron chi connectivity index (χ1n) is 5.86. The molecule has 17 heavy (non-hydrogen) atoms. The van der Waals surface area contributed by atoms with Crippen LogP contribution in [0.3, 0.4) is 0 Å². The minimum atomic E-state index is -0.929. The Kier molecular flexibility index (Phi) is 3.52. The van der Waals surface area contributed by atoms with Crippen LogP contribution in [0, 0.1) is 0 Å². The minimum absolute atomic E-state index is 0.447. The Bertz CT molecular complexity index is 414. The molecule has 4 nitrogen and oxygen atoms in total. The average Bonchev–Trinajstić information content (AvgIpc) is 2.35. The number of carboxylic acids is 1. The first-order valence-corrected chi connectivity index (χ1v) is 5.86. The van der Waals surface area contributed by atoms with Gasteiger partial charge in [0.05, 0.1) is 6.61 Å². The highest BCUT2D eigenvalue weighted by Crippen LogP contribution is 2.29. The van der Waals surface area contributed by atoms with Crippen molar-refractivity contribution < 1.29 is 19.4 Å². The summed E-state index contributed by atoms with van der Waals surface area (Å²) >= 11 is 0. The van der Waals surface area contributed by atoms with Crippen LogP contribution in [0.15, 0.2) is 18.2 Å². The van der Waals surface area contributed by atoms with E-state index in [2.05, 4.69) is 0 Å². The summed E-state index contributed by atoms with van der Waals surface area (Å²) in [6.45, 7) is 2.54. The molecule has 2 rings (SSSR count). The summed E-state index contributed by atoms with van der Waals surface area (Å²) in [5.74, 6) is 0.553. The summed E-state index contributed by atoms with van der Waals surface area (Å²) in [6, 6.07) is 5.48. The predicted molar refractivity (Wildman–Crippen MR) is 62.6 cm³/mol. The molecule has 1 aromatic rings. The Morgan fingerprint density at radius 3 is 3.12 bits per heavy atom. The molecular weight excluding hydrogens is 220 g/mol. The third kappa shape index (κ3) is 2.70. The van der Waals surface area contributed by atoms with E-state index in [1.807, 2.05) is 12.1 Å². The van der Waals surface area contributed by atoms with Crippen molar-refractivity contribution in [3.63, 3.8) is 0 Å². The molecule has 4 heteroatoms. The van der Waals surface area contributed by atoms with Gasteiger partial charge in [0.2, 0.25) is 0 Å². The number of ether oxygens (including phenoxy) is 2. The Hall–Kier alpha value is -1.71. The number of carboxylic acid groups (broad SMARTS) is 1. The van der Waals surface area contributed by atoms with E-state index < -0.39 is 12.1 Å². The monoisotopic (exact) mass is 236 g/mol. The largest absolute Gasteiger partial charge is 0.493 e. The van der Waals surface area contributed by atoms with E-state index in [1.54, 1.807) is 13.0 Å². The molecule has 1 heterocycles. The zero-order valence-electron chi connectivity index (χ0n) is 9.81. The van der Waals surface area contributed by atoms with Crippen molar-refractivity contribution in [1.82, 2.24) is 0 Å². The molecule has 0 fully saturated rings. The van der Waals surface area contributed by atoms with Gasteiger partial charge < -0.3 is 14.6 Å². The zero-order valence-corrected chi connectivity index (χ0v) is 9.81. The van der Waals surface area contributed by atoms with Crippen molar-refractivity contribution in [3.05, 3.63) is 23.8 Å². The fourth-order valence-corrected chi connectivity index (χ4v) is 1.88. The van der Waals surface area contributed by atoms with E-state index in [1.165, 1.54) is 0 Å². The van der Waals surface area contributed by atoms with Crippen molar-refractivity contribution in [1.29, 1.82) is 0 Å². The Balaban J connectivity index is 2.14. The van der Waals surface area contributed by atoms with Gasteiger partial charge in [0.15, 0.2) is 6.10 Å². The van der Waals surface area contributed by atoms with Crippen LogP contribution in [-0.4, -0.2) is 23.8 Å². The minimum Gasteiger partial charge on any atom is -0.493 e. The second-order valence-electron chi connectivity index (χ2n) is 4.07. The van der Waals surface area contributed by atoms with Crippen molar-refractivity contribution in [2.45, 2.75) is 32.3 Å². The van der Waals surface area contributed by atoms with E-state index in [-0.39, 0.29) is 0 Å². The maximum absolute atomic E-state index is 10.9. The van der Waals surface area contributed by atoms with E-state index in [4.69, 9.17) is 14.6 Å². The van der Waals surface area contributed by atoms with Gasteiger partial charge in [0.25, 0.3) is 0 Å². The molecule has 1 aliphatic rings. The zero-order chi connectivity index (χ0) is 12.3. The van der Waals surface area contributed by atoms with Crippen LogP contribution in [0.4, 0.5) is 0 Å². The quantitative estimate of drug-likeness (QED) is 0.871. The predicted octanol–water partition coefficient (Wildman–Crippen LogP) is 2.25. The van der Waals surface area contributed by atoms with Crippen LogP contribution in [0.25, 0.3) is 0 Å². The van der Waals surface area contributed by atoms with Crippen molar-refractivity contribution >= 4 is 5.97 Å². The molecule has 0 saturated carbocycles. The first-order chi connectivity index (χ1) is 8.20. The summed E-state index contributed by atoms with van der Waals surface area (Å²) < 4.78 is 10.9. The maximum Gasteiger partial charge on any atom is 0.344 e. The van der Waals surface area contributed by atoms with Crippen LogP contribution < -0.4 is 9.47 Å². The standard InChI is InChI=1S/C13H16O4/c1-2-11(13(14)15)17-10-5-6-12-9(8-10)4-3-7-16-12/h5-6,8,11H,2-4,7H2,1H3,(H,14,15). The lowest BCUT2D eigenvalue weighted by Gasteiger charge is -2.19. The van der Waals surface area contributed by atoms with Gasteiger partial charge in [-0.25, -0.2) is 4.79 Å². The van der Waals surface area contributed by atoms with Crippen molar-refractivity contribution in [2.24, 2.45) is 0 Å². The molecule has 1 atom stereocenters. The van der Waals surface area contributed by atoms with Gasteiger partial charge in [0, 0.05) is 0 Å². The second kappa shape index (κ2) is 5.08. The van der Waals surface area contributed by atoms with Gasteiger partial charge in [-0.1, -0.05) is 6.92 Å². The highest BCUT2D eigenvalue weighted by atomic mass is 16.5. The van der Waals surface area contributed by atoms with Gasteiger partial charge >= 0.3 is 5.97 Å². The highest BCUT2D eigenvalue weighted by Gasteiger charge is 2.18. The molecule has 0 aliphatic carbocycles. The first kappa shape index (κ1) is 11.8. The number of hydrogen-bond donors (Lipinski definition) is 1. The number of benzene rings is 1. The number of aliphatic carboxylic acids is 1. The smallest absolute Gasteiger partial charge is 0.344 e. The van der Waals surface area contributed by atoms with Gasteiger partial charge in [0.1, 0.15) is 11.5 Å². The number of fused-ring (bicyclic) bond motifs is 1. The van der Waals surface area contributed by atoms with E-state index in [9.17, 15) is 4.79 Å². The molecule has 1 aliphatic heterocycles.